The molecule has 1 aliphatic heterocycles. The maximum absolute atomic E-state index is 12.2. The van der Waals surface area contributed by atoms with Crippen LogP contribution in [-0.2, 0) is 17.8 Å². The molecule has 23 heavy (non-hydrogen) atoms. The van der Waals surface area contributed by atoms with Crippen molar-refractivity contribution in [1.82, 2.24) is 15.2 Å². The van der Waals surface area contributed by atoms with Crippen LogP contribution in [0.25, 0.3) is 0 Å². The van der Waals surface area contributed by atoms with Crippen LogP contribution < -0.4 is 10.6 Å². The van der Waals surface area contributed by atoms with E-state index < -0.39 is 0 Å². The Morgan fingerprint density at radius 2 is 2.22 bits per heavy atom. The second-order valence-electron chi connectivity index (χ2n) is 5.28. The molecule has 0 unspecified atom stereocenters. The molecule has 0 saturated heterocycles. The second-order valence-corrected chi connectivity index (χ2v) is 6.28. The van der Waals surface area contributed by atoms with E-state index in [1.54, 1.807) is 35.7 Å². The van der Waals surface area contributed by atoms with Crippen LogP contribution in [0.3, 0.4) is 0 Å². The summed E-state index contributed by atoms with van der Waals surface area (Å²) in [5.41, 5.74) is 1.25. The average molecular weight is 330 g/mol. The number of nitrogens with one attached hydrogen (secondary N) is 2. The summed E-state index contributed by atoms with van der Waals surface area (Å²) in [7, 11) is 0. The number of anilines is 1. The molecule has 120 valence electrons. The molecule has 3 rings (SSSR count). The first-order valence-electron chi connectivity index (χ1n) is 7.51. The smallest absolute Gasteiger partial charge is 0.320 e. The second kappa shape index (κ2) is 7.23. The van der Waals surface area contributed by atoms with E-state index in [2.05, 4.69) is 27.1 Å². The Kier molecular flexibility index (Phi) is 4.87. The van der Waals surface area contributed by atoms with E-state index >= 15 is 0 Å². The lowest BCUT2D eigenvalue weighted by atomic mass is 10.1. The van der Waals surface area contributed by atoms with Crippen molar-refractivity contribution in [3.63, 3.8) is 0 Å². The van der Waals surface area contributed by atoms with E-state index in [9.17, 15) is 9.59 Å². The number of pyridine rings is 1. The number of amides is 3. The lowest BCUT2D eigenvalue weighted by Gasteiger charge is -2.27. The van der Waals surface area contributed by atoms with Crippen LogP contribution >= 0.6 is 11.3 Å². The van der Waals surface area contributed by atoms with Crippen molar-refractivity contribution in [1.29, 1.82) is 0 Å². The molecule has 0 aromatic carbocycles. The zero-order valence-corrected chi connectivity index (χ0v) is 13.4. The average Bonchev–Trinajstić information content (AvgIpc) is 3.03. The molecule has 0 radical (unpaired) electrons. The molecule has 0 bridgehead atoms. The van der Waals surface area contributed by atoms with Gasteiger partial charge in [-0.2, -0.15) is 0 Å². The Labute approximate surface area is 138 Å². The summed E-state index contributed by atoms with van der Waals surface area (Å²) in [4.78, 5) is 31.2. The van der Waals surface area contributed by atoms with E-state index in [1.807, 2.05) is 4.90 Å². The summed E-state index contributed by atoms with van der Waals surface area (Å²) in [5.74, 6) is 0.553. The summed E-state index contributed by atoms with van der Waals surface area (Å²) in [6, 6.07) is 7.00. The predicted octanol–water partition coefficient (Wildman–Crippen LogP) is 2.24. The quantitative estimate of drug-likeness (QED) is 0.903. The van der Waals surface area contributed by atoms with E-state index in [0.29, 0.717) is 25.3 Å². The minimum Gasteiger partial charge on any atom is -0.338 e. The van der Waals surface area contributed by atoms with Crippen molar-refractivity contribution in [3.05, 3.63) is 46.3 Å². The largest absolute Gasteiger partial charge is 0.338 e. The topological polar surface area (TPSA) is 74.3 Å². The van der Waals surface area contributed by atoms with Gasteiger partial charge in [-0.05, 0) is 35.6 Å². The summed E-state index contributed by atoms with van der Waals surface area (Å²) in [6.45, 7) is 1.74. The van der Waals surface area contributed by atoms with Crippen LogP contribution in [0, 0.1) is 0 Å². The van der Waals surface area contributed by atoms with E-state index in [0.717, 1.165) is 13.0 Å². The summed E-state index contributed by atoms with van der Waals surface area (Å²) < 4.78 is 0. The summed E-state index contributed by atoms with van der Waals surface area (Å²) in [6.07, 6.45) is 2.83. The monoisotopic (exact) mass is 330 g/mol. The third-order valence-corrected chi connectivity index (χ3v) is 4.71. The molecule has 3 heterocycles. The van der Waals surface area contributed by atoms with Crippen molar-refractivity contribution in [2.24, 2.45) is 0 Å². The summed E-state index contributed by atoms with van der Waals surface area (Å²) >= 11 is 1.75. The van der Waals surface area contributed by atoms with Crippen molar-refractivity contribution in [3.8, 4) is 0 Å². The van der Waals surface area contributed by atoms with Crippen molar-refractivity contribution in [2.75, 3.05) is 18.4 Å². The van der Waals surface area contributed by atoms with E-state index in [4.69, 9.17) is 0 Å². The number of nitrogens with zero attached hydrogens (tertiary/aromatic N) is 2. The molecular weight excluding hydrogens is 312 g/mol. The van der Waals surface area contributed by atoms with Gasteiger partial charge in [-0.15, -0.1) is 11.3 Å². The molecule has 2 aromatic rings. The van der Waals surface area contributed by atoms with Gasteiger partial charge in [0, 0.05) is 37.1 Å². The Morgan fingerprint density at radius 1 is 1.30 bits per heavy atom. The highest BCUT2D eigenvalue weighted by atomic mass is 32.1. The number of urea groups is 1. The highest BCUT2D eigenvalue weighted by Gasteiger charge is 2.21. The molecule has 2 N–H and O–H groups in total. The molecule has 2 aromatic heterocycles. The number of rotatable bonds is 4. The fraction of sp³-hybridized carbons (Fsp3) is 0.312. The minimum absolute atomic E-state index is 0.0694. The van der Waals surface area contributed by atoms with E-state index in [-0.39, 0.29) is 11.9 Å². The first kappa shape index (κ1) is 15.5. The number of carbonyl (C=O) groups is 2. The SMILES string of the molecule is O=C(NCCC(=O)N1CCc2sccc2C1)Nc1ccccn1. The standard InChI is InChI=1S/C16H18N4O2S/c21-15(20-9-5-13-12(11-20)6-10-23-13)4-8-18-16(22)19-14-3-1-2-7-17-14/h1-3,6-7,10H,4-5,8-9,11H2,(H2,17,18,19,22). The molecule has 1 aliphatic rings. The molecule has 0 saturated carbocycles. The van der Waals surface area contributed by atoms with Crippen LogP contribution in [0.2, 0.25) is 0 Å². The van der Waals surface area contributed by atoms with Gasteiger partial charge in [0.15, 0.2) is 0 Å². The maximum Gasteiger partial charge on any atom is 0.320 e. The van der Waals surface area contributed by atoms with Gasteiger partial charge >= 0.3 is 6.03 Å². The normalized spacial score (nSPS) is 13.3. The zero-order valence-electron chi connectivity index (χ0n) is 12.6. The Balaban J connectivity index is 1.40. The molecule has 0 atom stereocenters. The van der Waals surface area contributed by atoms with Crippen LogP contribution in [-0.4, -0.2) is 34.9 Å². The molecule has 7 heteroatoms. The van der Waals surface area contributed by atoms with Gasteiger partial charge in [0.05, 0.1) is 0 Å². The van der Waals surface area contributed by atoms with Crippen LogP contribution in [0.15, 0.2) is 35.8 Å². The van der Waals surface area contributed by atoms with Gasteiger partial charge in [0.25, 0.3) is 0 Å². The predicted molar refractivity (Wildman–Crippen MR) is 89.3 cm³/mol. The minimum atomic E-state index is -0.352. The number of aromatic nitrogens is 1. The number of thiophene rings is 1. The number of hydrogen-bond donors (Lipinski definition) is 2. The molecule has 0 spiro atoms. The van der Waals surface area contributed by atoms with Crippen LogP contribution in [0.1, 0.15) is 16.9 Å². The van der Waals surface area contributed by atoms with Crippen molar-refractivity contribution in [2.45, 2.75) is 19.4 Å². The number of hydrogen-bond acceptors (Lipinski definition) is 4. The van der Waals surface area contributed by atoms with E-state index in [1.165, 1.54) is 10.4 Å². The fourth-order valence-electron chi connectivity index (χ4n) is 2.50. The van der Waals surface area contributed by atoms with Gasteiger partial charge in [0.1, 0.15) is 5.82 Å². The maximum atomic E-state index is 12.2. The Hall–Kier alpha value is -2.41. The first-order valence-corrected chi connectivity index (χ1v) is 8.39. The fourth-order valence-corrected chi connectivity index (χ4v) is 3.39. The highest BCUT2D eigenvalue weighted by Crippen LogP contribution is 2.24. The Bertz CT molecular complexity index is 686. The van der Waals surface area contributed by atoms with Gasteiger partial charge in [-0.1, -0.05) is 6.07 Å². The Morgan fingerprint density at radius 3 is 3.04 bits per heavy atom. The van der Waals surface area contributed by atoms with Crippen molar-refractivity contribution < 1.29 is 9.59 Å². The van der Waals surface area contributed by atoms with Gasteiger partial charge in [-0.25, -0.2) is 9.78 Å². The van der Waals surface area contributed by atoms with Gasteiger partial charge < -0.3 is 10.2 Å². The van der Waals surface area contributed by atoms with Crippen LogP contribution in [0.4, 0.5) is 10.6 Å². The molecule has 0 fully saturated rings. The summed E-state index contributed by atoms with van der Waals surface area (Å²) in [5, 5.41) is 7.37. The highest BCUT2D eigenvalue weighted by molar-refractivity contribution is 7.10. The first-order chi connectivity index (χ1) is 11.2. The van der Waals surface area contributed by atoms with Gasteiger partial charge in [-0.3, -0.25) is 10.1 Å². The van der Waals surface area contributed by atoms with Crippen molar-refractivity contribution >= 4 is 29.1 Å². The molecular formula is C16H18N4O2S. The third-order valence-electron chi connectivity index (χ3n) is 3.69. The lowest BCUT2D eigenvalue weighted by Crippen LogP contribution is -2.38. The number of fused-ring (bicyclic) bond motifs is 1. The van der Waals surface area contributed by atoms with Gasteiger partial charge in [0.2, 0.25) is 5.91 Å². The van der Waals surface area contributed by atoms with Crippen LogP contribution in [0.5, 0.6) is 0 Å². The number of carbonyl (C=O) groups excluding carboxylic acids is 2. The third kappa shape index (κ3) is 4.07. The molecule has 3 amide bonds. The lowest BCUT2D eigenvalue weighted by molar-refractivity contribution is -0.131. The zero-order chi connectivity index (χ0) is 16.1. The molecule has 0 aliphatic carbocycles. The molecule has 6 nitrogen and oxygen atoms in total.